The number of carbonyl (C=O) groups excluding carboxylic acids is 3. The van der Waals surface area contributed by atoms with E-state index >= 15 is 0 Å². The zero-order valence-corrected chi connectivity index (χ0v) is 24.4. The van der Waals surface area contributed by atoms with Crippen molar-refractivity contribution in [2.75, 3.05) is 43.1 Å². The fourth-order valence-corrected chi connectivity index (χ4v) is 5.61. The lowest BCUT2D eigenvalue weighted by Gasteiger charge is -2.30. The first-order valence-corrected chi connectivity index (χ1v) is 14.5. The van der Waals surface area contributed by atoms with Crippen molar-refractivity contribution >= 4 is 73.8 Å². The third-order valence-corrected chi connectivity index (χ3v) is 7.92. The van der Waals surface area contributed by atoms with Crippen LogP contribution in [0.5, 0.6) is 5.75 Å². The first-order valence-electron chi connectivity index (χ1n) is 12.5. The van der Waals surface area contributed by atoms with Gasteiger partial charge in [-0.05, 0) is 65.9 Å². The van der Waals surface area contributed by atoms with Crippen LogP contribution in [0, 0.1) is 0 Å². The van der Waals surface area contributed by atoms with Gasteiger partial charge in [0, 0.05) is 28.1 Å². The van der Waals surface area contributed by atoms with Crippen molar-refractivity contribution in [3.8, 4) is 5.75 Å². The minimum absolute atomic E-state index is 0.209. The summed E-state index contributed by atoms with van der Waals surface area (Å²) in [6, 6.07) is 20.2. The van der Waals surface area contributed by atoms with Gasteiger partial charge < -0.3 is 19.7 Å². The zero-order chi connectivity index (χ0) is 28.1. The average molecular weight is 643 g/mol. The second-order valence-electron chi connectivity index (χ2n) is 9.03. The molecule has 206 valence electrons. The highest BCUT2D eigenvalue weighted by Crippen LogP contribution is 2.35. The normalized spacial score (nSPS) is 16.5. The minimum atomic E-state index is -0.532. The molecule has 0 atom stereocenters. The Labute approximate surface area is 249 Å². The van der Waals surface area contributed by atoms with Crippen molar-refractivity contribution in [1.82, 2.24) is 4.90 Å². The third-order valence-electron chi connectivity index (χ3n) is 6.27. The van der Waals surface area contributed by atoms with Gasteiger partial charge in [0.15, 0.2) is 0 Å². The van der Waals surface area contributed by atoms with Crippen LogP contribution in [0.25, 0.3) is 6.08 Å². The van der Waals surface area contributed by atoms with E-state index in [0.717, 1.165) is 32.4 Å². The lowest BCUT2D eigenvalue weighted by molar-refractivity contribution is -0.127. The molecule has 11 heteroatoms. The van der Waals surface area contributed by atoms with Crippen molar-refractivity contribution in [3.63, 3.8) is 0 Å². The maximum atomic E-state index is 13.2. The minimum Gasteiger partial charge on any atom is -0.488 e. The second-order valence-corrected chi connectivity index (χ2v) is 11.4. The number of hydrogen-bond donors (Lipinski definition) is 1. The van der Waals surface area contributed by atoms with E-state index in [1.165, 1.54) is 0 Å². The summed E-state index contributed by atoms with van der Waals surface area (Å²) in [5.41, 5.74) is 3.04. The first-order chi connectivity index (χ1) is 19.4. The first kappa shape index (κ1) is 28.2. The van der Waals surface area contributed by atoms with Crippen LogP contribution < -0.4 is 15.0 Å². The largest absolute Gasteiger partial charge is 0.488 e. The van der Waals surface area contributed by atoms with Crippen molar-refractivity contribution in [2.45, 2.75) is 6.61 Å². The summed E-state index contributed by atoms with van der Waals surface area (Å²) in [5.74, 6) is -0.448. The van der Waals surface area contributed by atoms with Gasteiger partial charge in [0.05, 0.1) is 29.5 Å². The molecule has 0 aliphatic carbocycles. The topological polar surface area (TPSA) is 88.2 Å². The Morgan fingerprint density at radius 3 is 2.60 bits per heavy atom. The number of hydrogen-bond acceptors (Lipinski definition) is 7. The number of anilines is 2. The lowest BCUT2D eigenvalue weighted by Crippen LogP contribution is -2.38. The van der Waals surface area contributed by atoms with Gasteiger partial charge in [-0.15, -0.1) is 0 Å². The molecule has 2 saturated heterocycles. The van der Waals surface area contributed by atoms with E-state index in [9.17, 15) is 14.4 Å². The molecule has 0 saturated carbocycles. The standard InChI is InChI=1S/C29H25BrClN3O5S/c30-21-7-10-25(39-18-19-5-8-22(31)9-6-19)20(15-21)16-26-28(36)34(29(37)40-26)17-27(35)32-23-3-1-2-4-24(23)33-11-13-38-14-12-33/h1-10,15-16H,11-14,17-18H2,(H,32,35)/b26-16+. The molecule has 5 rings (SSSR count). The predicted octanol–water partition coefficient (Wildman–Crippen LogP) is 6.19. The van der Waals surface area contributed by atoms with Gasteiger partial charge in [0.1, 0.15) is 18.9 Å². The van der Waals surface area contributed by atoms with Crippen LogP contribution in [-0.4, -0.2) is 54.8 Å². The number of para-hydroxylation sites is 2. The second kappa shape index (κ2) is 12.9. The highest BCUT2D eigenvalue weighted by molar-refractivity contribution is 9.10. The van der Waals surface area contributed by atoms with Gasteiger partial charge in [0.2, 0.25) is 5.91 Å². The van der Waals surface area contributed by atoms with E-state index in [1.54, 1.807) is 36.4 Å². The van der Waals surface area contributed by atoms with Gasteiger partial charge in [0.25, 0.3) is 11.1 Å². The Hall–Kier alpha value is -3.31. The number of rotatable bonds is 8. The molecule has 0 radical (unpaired) electrons. The fraction of sp³-hybridized carbons (Fsp3) is 0.207. The molecule has 1 N–H and O–H groups in total. The Bertz CT molecular complexity index is 1460. The molecule has 0 bridgehead atoms. The summed E-state index contributed by atoms with van der Waals surface area (Å²) in [6.07, 6.45) is 1.61. The van der Waals surface area contributed by atoms with Crippen LogP contribution in [0.3, 0.4) is 0 Å². The van der Waals surface area contributed by atoms with Crippen LogP contribution in [0.15, 0.2) is 76.1 Å². The molecule has 0 unspecified atom stereocenters. The number of thioether (sulfide) groups is 1. The predicted molar refractivity (Wildman–Crippen MR) is 161 cm³/mol. The average Bonchev–Trinajstić information content (AvgIpc) is 3.21. The van der Waals surface area contributed by atoms with Crippen LogP contribution in [0.1, 0.15) is 11.1 Å². The molecule has 3 aromatic rings. The molecule has 8 nitrogen and oxygen atoms in total. The van der Waals surface area contributed by atoms with E-state index in [1.807, 2.05) is 36.4 Å². The van der Waals surface area contributed by atoms with Crippen molar-refractivity contribution in [3.05, 3.63) is 92.3 Å². The van der Waals surface area contributed by atoms with Gasteiger partial charge in [-0.1, -0.05) is 51.8 Å². The maximum absolute atomic E-state index is 13.2. The number of nitrogens with zero attached hydrogens (tertiary/aromatic N) is 2. The van der Waals surface area contributed by atoms with Gasteiger partial charge in [-0.25, -0.2) is 0 Å². The molecule has 40 heavy (non-hydrogen) atoms. The monoisotopic (exact) mass is 641 g/mol. The van der Waals surface area contributed by atoms with Gasteiger partial charge in [-0.2, -0.15) is 0 Å². The van der Waals surface area contributed by atoms with E-state index in [-0.39, 0.29) is 4.91 Å². The molecular weight excluding hydrogens is 618 g/mol. The van der Waals surface area contributed by atoms with Crippen LogP contribution in [0.2, 0.25) is 5.02 Å². The summed E-state index contributed by atoms with van der Waals surface area (Å²) in [7, 11) is 0. The van der Waals surface area contributed by atoms with Gasteiger partial charge in [-0.3, -0.25) is 19.3 Å². The molecule has 3 amide bonds. The molecule has 0 spiro atoms. The van der Waals surface area contributed by atoms with E-state index in [4.69, 9.17) is 21.1 Å². The Kier molecular flexibility index (Phi) is 9.11. The SMILES string of the molecule is O=C(CN1C(=O)S/C(=C/c2cc(Br)ccc2OCc2ccc(Cl)cc2)C1=O)Nc1ccccc1N1CCOCC1. The van der Waals surface area contributed by atoms with Crippen LogP contribution >= 0.6 is 39.3 Å². The molecule has 0 aromatic heterocycles. The summed E-state index contributed by atoms with van der Waals surface area (Å²) in [6.45, 7) is 2.54. The smallest absolute Gasteiger partial charge is 0.294 e. The summed E-state index contributed by atoms with van der Waals surface area (Å²) >= 11 is 10.2. The van der Waals surface area contributed by atoms with Crippen LogP contribution in [0.4, 0.5) is 16.2 Å². The number of halogens is 2. The van der Waals surface area contributed by atoms with Gasteiger partial charge >= 0.3 is 0 Å². The Morgan fingerprint density at radius 1 is 1.07 bits per heavy atom. The number of benzene rings is 3. The number of morpholine rings is 1. The summed E-state index contributed by atoms with van der Waals surface area (Å²) in [4.78, 5) is 42.2. The summed E-state index contributed by atoms with van der Waals surface area (Å²) in [5, 5.41) is 2.99. The number of ether oxygens (including phenoxy) is 2. The fourth-order valence-electron chi connectivity index (χ4n) is 4.28. The van der Waals surface area contributed by atoms with Crippen molar-refractivity contribution in [2.24, 2.45) is 0 Å². The molecular formula is C29H25BrClN3O5S. The highest BCUT2D eigenvalue weighted by Gasteiger charge is 2.36. The molecule has 3 aromatic carbocycles. The third kappa shape index (κ3) is 6.87. The molecule has 2 heterocycles. The Morgan fingerprint density at radius 2 is 1.82 bits per heavy atom. The molecule has 2 aliphatic heterocycles. The number of imide groups is 1. The number of nitrogens with one attached hydrogen (secondary N) is 1. The molecule has 2 fully saturated rings. The molecule has 2 aliphatic rings. The van der Waals surface area contributed by atoms with Crippen molar-refractivity contribution in [1.29, 1.82) is 0 Å². The van der Waals surface area contributed by atoms with Crippen molar-refractivity contribution < 1.29 is 23.9 Å². The number of carbonyl (C=O) groups is 3. The van der Waals surface area contributed by atoms with Crippen LogP contribution in [-0.2, 0) is 20.9 Å². The maximum Gasteiger partial charge on any atom is 0.294 e. The zero-order valence-electron chi connectivity index (χ0n) is 21.3. The lowest BCUT2D eigenvalue weighted by atomic mass is 10.1. The van der Waals surface area contributed by atoms with E-state index < -0.39 is 23.6 Å². The number of amides is 3. The quantitative estimate of drug-likeness (QED) is 0.293. The summed E-state index contributed by atoms with van der Waals surface area (Å²) < 4.78 is 12.2. The Balaban J connectivity index is 1.27. The highest BCUT2D eigenvalue weighted by atomic mass is 79.9. The van der Waals surface area contributed by atoms with E-state index in [2.05, 4.69) is 26.1 Å². The van der Waals surface area contributed by atoms with E-state index in [0.29, 0.717) is 54.9 Å².